The Kier molecular flexibility index (Phi) is 4.34. The van der Waals surface area contributed by atoms with Gasteiger partial charge >= 0.3 is 0 Å². The van der Waals surface area contributed by atoms with Gasteiger partial charge in [-0.15, -0.1) is 0 Å². The molecule has 2 rings (SSSR count). The number of carbonyl (C=O) groups excluding carboxylic acids is 1. The molecule has 0 radical (unpaired) electrons. The van der Waals surface area contributed by atoms with Gasteiger partial charge < -0.3 is 9.84 Å². The molecule has 2 aromatic rings. The normalized spacial score (nSPS) is 12.1. The standard InChI is InChI=1S/C15H18N2O2/c1-3-11(2)16-15(18)10-13-9-14(19-17-13)12-7-5-4-6-8-12/h4-9,11H,3,10H2,1-2H3,(H,16,18). The van der Waals surface area contributed by atoms with Crippen molar-refractivity contribution >= 4 is 5.91 Å². The Morgan fingerprint density at radius 1 is 1.37 bits per heavy atom. The largest absolute Gasteiger partial charge is 0.356 e. The van der Waals surface area contributed by atoms with E-state index in [-0.39, 0.29) is 18.4 Å². The molecule has 1 N–H and O–H groups in total. The number of amides is 1. The molecule has 1 aromatic carbocycles. The van der Waals surface area contributed by atoms with Crippen molar-refractivity contribution in [1.29, 1.82) is 0 Å². The van der Waals surface area contributed by atoms with Gasteiger partial charge in [-0.3, -0.25) is 4.79 Å². The summed E-state index contributed by atoms with van der Waals surface area (Å²) < 4.78 is 5.25. The maximum atomic E-state index is 11.7. The van der Waals surface area contributed by atoms with Crippen LogP contribution in [0.3, 0.4) is 0 Å². The van der Waals surface area contributed by atoms with Crippen LogP contribution in [0.25, 0.3) is 11.3 Å². The summed E-state index contributed by atoms with van der Waals surface area (Å²) >= 11 is 0. The second-order valence-electron chi connectivity index (χ2n) is 4.60. The SMILES string of the molecule is CCC(C)NC(=O)Cc1cc(-c2ccccc2)on1. The van der Waals surface area contributed by atoms with Crippen LogP contribution in [0.15, 0.2) is 40.9 Å². The third-order valence-corrected chi connectivity index (χ3v) is 2.98. The van der Waals surface area contributed by atoms with Crippen molar-refractivity contribution in [2.75, 3.05) is 0 Å². The Morgan fingerprint density at radius 3 is 2.79 bits per heavy atom. The molecular weight excluding hydrogens is 240 g/mol. The number of hydrogen-bond donors (Lipinski definition) is 1. The summed E-state index contributed by atoms with van der Waals surface area (Å²) in [5.74, 6) is 0.661. The first-order chi connectivity index (χ1) is 9.19. The quantitative estimate of drug-likeness (QED) is 0.897. The van der Waals surface area contributed by atoms with E-state index in [4.69, 9.17) is 4.52 Å². The summed E-state index contributed by atoms with van der Waals surface area (Å²) in [6.07, 6.45) is 1.17. The van der Waals surface area contributed by atoms with Gasteiger partial charge in [0.05, 0.1) is 12.1 Å². The molecule has 4 heteroatoms. The molecule has 0 aliphatic heterocycles. The lowest BCUT2D eigenvalue weighted by Gasteiger charge is -2.09. The van der Waals surface area contributed by atoms with Crippen LogP contribution >= 0.6 is 0 Å². The minimum Gasteiger partial charge on any atom is -0.356 e. The van der Waals surface area contributed by atoms with Crippen LogP contribution in [0.2, 0.25) is 0 Å². The van der Waals surface area contributed by atoms with Gasteiger partial charge in [0, 0.05) is 17.7 Å². The molecule has 0 spiro atoms. The van der Waals surface area contributed by atoms with E-state index < -0.39 is 0 Å². The molecule has 0 saturated carbocycles. The summed E-state index contributed by atoms with van der Waals surface area (Å²) in [6.45, 7) is 4.02. The van der Waals surface area contributed by atoms with Gasteiger partial charge in [0.2, 0.25) is 5.91 Å². The first kappa shape index (κ1) is 13.3. The lowest BCUT2D eigenvalue weighted by Crippen LogP contribution is -2.33. The van der Waals surface area contributed by atoms with E-state index in [9.17, 15) is 4.79 Å². The lowest BCUT2D eigenvalue weighted by atomic mass is 10.1. The molecule has 0 aliphatic carbocycles. The van der Waals surface area contributed by atoms with Crippen molar-refractivity contribution in [3.63, 3.8) is 0 Å². The highest BCUT2D eigenvalue weighted by molar-refractivity contribution is 5.78. The Hall–Kier alpha value is -2.10. The van der Waals surface area contributed by atoms with Crippen LogP contribution in [-0.2, 0) is 11.2 Å². The smallest absolute Gasteiger partial charge is 0.226 e. The van der Waals surface area contributed by atoms with E-state index in [1.165, 1.54) is 0 Å². The number of rotatable bonds is 5. The Bertz CT molecular complexity index is 534. The first-order valence-electron chi connectivity index (χ1n) is 6.49. The van der Waals surface area contributed by atoms with E-state index in [0.717, 1.165) is 12.0 Å². The minimum absolute atomic E-state index is 0.0257. The van der Waals surface area contributed by atoms with Crippen LogP contribution in [0.4, 0.5) is 0 Å². The summed E-state index contributed by atoms with van der Waals surface area (Å²) in [5, 5.41) is 6.84. The van der Waals surface area contributed by atoms with E-state index in [1.807, 2.05) is 50.2 Å². The maximum absolute atomic E-state index is 11.7. The molecule has 0 bridgehead atoms. The number of nitrogens with one attached hydrogen (secondary N) is 1. The summed E-state index contributed by atoms with van der Waals surface area (Å²) in [7, 11) is 0. The topological polar surface area (TPSA) is 55.1 Å². The van der Waals surface area contributed by atoms with Gasteiger partial charge in [0.15, 0.2) is 5.76 Å². The Labute approximate surface area is 112 Å². The van der Waals surface area contributed by atoms with Crippen molar-refractivity contribution in [3.8, 4) is 11.3 Å². The third-order valence-electron chi connectivity index (χ3n) is 2.98. The van der Waals surface area contributed by atoms with Crippen LogP contribution < -0.4 is 5.32 Å². The maximum Gasteiger partial charge on any atom is 0.226 e. The molecule has 100 valence electrons. The van der Waals surface area contributed by atoms with Gasteiger partial charge in [-0.2, -0.15) is 0 Å². The molecule has 4 nitrogen and oxygen atoms in total. The zero-order valence-corrected chi connectivity index (χ0v) is 11.2. The average Bonchev–Trinajstić information content (AvgIpc) is 2.88. The van der Waals surface area contributed by atoms with Crippen molar-refractivity contribution in [3.05, 3.63) is 42.1 Å². The zero-order valence-electron chi connectivity index (χ0n) is 11.2. The molecule has 0 saturated heterocycles. The minimum atomic E-state index is -0.0257. The fourth-order valence-electron chi connectivity index (χ4n) is 1.73. The predicted molar refractivity (Wildman–Crippen MR) is 73.5 cm³/mol. The highest BCUT2D eigenvalue weighted by Crippen LogP contribution is 2.19. The Morgan fingerprint density at radius 2 is 2.11 bits per heavy atom. The van der Waals surface area contributed by atoms with Gasteiger partial charge in [0.1, 0.15) is 0 Å². The summed E-state index contributed by atoms with van der Waals surface area (Å²) in [5.41, 5.74) is 1.61. The average molecular weight is 258 g/mol. The molecular formula is C15H18N2O2. The lowest BCUT2D eigenvalue weighted by molar-refractivity contribution is -0.121. The molecule has 0 aliphatic rings. The van der Waals surface area contributed by atoms with E-state index >= 15 is 0 Å². The van der Waals surface area contributed by atoms with Gasteiger partial charge in [-0.1, -0.05) is 42.4 Å². The van der Waals surface area contributed by atoms with Crippen molar-refractivity contribution in [1.82, 2.24) is 10.5 Å². The van der Waals surface area contributed by atoms with Gasteiger partial charge in [0.25, 0.3) is 0 Å². The van der Waals surface area contributed by atoms with Crippen molar-refractivity contribution < 1.29 is 9.32 Å². The van der Waals surface area contributed by atoms with E-state index in [0.29, 0.717) is 11.5 Å². The fraction of sp³-hybridized carbons (Fsp3) is 0.333. The van der Waals surface area contributed by atoms with Gasteiger partial charge in [-0.05, 0) is 13.3 Å². The van der Waals surface area contributed by atoms with E-state index in [2.05, 4.69) is 10.5 Å². The highest BCUT2D eigenvalue weighted by Gasteiger charge is 2.11. The van der Waals surface area contributed by atoms with Crippen LogP contribution in [0.1, 0.15) is 26.0 Å². The molecule has 1 aromatic heterocycles. The molecule has 1 heterocycles. The number of carbonyl (C=O) groups is 1. The monoisotopic (exact) mass is 258 g/mol. The predicted octanol–water partition coefficient (Wildman–Crippen LogP) is 2.80. The van der Waals surface area contributed by atoms with Crippen LogP contribution in [-0.4, -0.2) is 17.1 Å². The van der Waals surface area contributed by atoms with Crippen molar-refractivity contribution in [2.24, 2.45) is 0 Å². The molecule has 1 atom stereocenters. The third kappa shape index (κ3) is 3.68. The first-order valence-corrected chi connectivity index (χ1v) is 6.49. The second kappa shape index (κ2) is 6.18. The summed E-state index contributed by atoms with van der Waals surface area (Å²) in [6, 6.07) is 11.7. The van der Waals surface area contributed by atoms with E-state index in [1.54, 1.807) is 0 Å². The molecule has 1 unspecified atom stereocenters. The van der Waals surface area contributed by atoms with Crippen molar-refractivity contribution in [2.45, 2.75) is 32.7 Å². The van der Waals surface area contributed by atoms with Crippen LogP contribution in [0, 0.1) is 0 Å². The highest BCUT2D eigenvalue weighted by atomic mass is 16.5. The Balaban J connectivity index is 2.00. The van der Waals surface area contributed by atoms with Gasteiger partial charge in [-0.25, -0.2) is 0 Å². The molecule has 0 fully saturated rings. The van der Waals surface area contributed by atoms with Crippen LogP contribution in [0.5, 0.6) is 0 Å². The fourth-order valence-corrected chi connectivity index (χ4v) is 1.73. The number of hydrogen-bond acceptors (Lipinski definition) is 3. The number of nitrogens with zero attached hydrogens (tertiary/aromatic N) is 1. The second-order valence-corrected chi connectivity index (χ2v) is 4.60. The summed E-state index contributed by atoms with van der Waals surface area (Å²) in [4.78, 5) is 11.7. The molecule has 1 amide bonds. The number of aromatic nitrogens is 1. The number of benzene rings is 1. The molecule has 19 heavy (non-hydrogen) atoms. The zero-order chi connectivity index (χ0) is 13.7.